The second-order valence-electron chi connectivity index (χ2n) is 3.67. The van der Waals surface area contributed by atoms with Crippen LogP contribution in [0.4, 0.5) is 5.69 Å². The Balaban J connectivity index is 0.00000324. The lowest BCUT2D eigenvalue weighted by molar-refractivity contribution is -0.384. The molecule has 0 atom stereocenters. The van der Waals surface area contributed by atoms with Crippen molar-refractivity contribution in [3.05, 3.63) is 38.9 Å². The monoisotopic (exact) mass is 307 g/mol. The number of nitro benzene ring substituents is 1. The Morgan fingerprint density at radius 1 is 1.42 bits per heavy atom. The van der Waals surface area contributed by atoms with E-state index in [1.807, 2.05) is 0 Å². The molecule has 0 bridgehead atoms. The number of carbonyl (C=O) groups is 1. The predicted molar refractivity (Wildman–Crippen MR) is 76.0 cm³/mol. The number of amides is 1. The van der Waals surface area contributed by atoms with E-state index in [1.165, 1.54) is 12.1 Å². The molecule has 106 valence electrons. The minimum absolute atomic E-state index is 0. The molecule has 1 amide bonds. The van der Waals surface area contributed by atoms with Crippen molar-refractivity contribution in [3.63, 3.8) is 0 Å². The van der Waals surface area contributed by atoms with Crippen molar-refractivity contribution in [1.82, 2.24) is 5.32 Å². The number of unbranched alkanes of at least 4 members (excludes halogenated alkanes) is 1. The number of non-ortho nitro benzene ring substituents is 1. The number of benzene rings is 1. The maximum absolute atomic E-state index is 11.7. The Hall–Kier alpha value is -1.37. The highest BCUT2D eigenvalue weighted by Crippen LogP contribution is 2.22. The molecule has 8 heteroatoms. The van der Waals surface area contributed by atoms with Crippen LogP contribution in [0.5, 0.6) is 0 Å². The highest BCUT2D eigenvalue weighted by molar-refractivity contribution is 6.34. The lowest BCUT2D eigenvalue weighted by Gasteiger charge is -2.06. The number of nitrogens with one attached hydrogen (secondary N) is 1. The molecule has 0 saturated heterocycles. The van der Waals surface area contributed by atoms with E-state index in [2.05, 4.69) is 5.32 Å². The van der Waals surface area contributed by atoms with Crippen LogP contribution < -0.4 is 11.1 Å². The van der Waals surface area contributed by atoms with Gasteiger partial charge in [-0.3, -0.25) is 14.9 Å². The summed E-state index contributed by atoms with van der Waals surface area (Å²) in [4.78, 5) is 21.7. The molecular formula is C11H15Cl2N3O3. The molecule has 1 rings (SSSR count). The van der Waals surface area contributed by atoms with E-state index in [0.717, 1.165) is 18.9 Å². The van der Waals surface area contributed by atoms with Gasteiger partial charge >= 0.3 is 0 Å². The lowest BCUT2D eigenvalue weighted by Crippen LogP contribution is -2.25. The van der Waals surface area contributed by atoms with Gasteiger partial charge in [-0.2, -0.15) is 0 Å². The first-order chi connectivity index (χ1) is 8.56. The number of carbonyl (C=O) groups excluding carboxylic acids is 1. The fraction of sp³-hybridized carbons (Fsp3) is 0.364. The molecule has 3 N–H and O–H groups in total. The van der Waals surface area contributed by atoms with E-state index in [1.54, 1.807) is 0 Å². The minimum atomic E-state index is -0.561. The number of hydrogen-bond acceptors (Lipinski definition) is 4. The minimum Gasteiger partial charge on any atom is -0.352 e. The van der Waals surface area contributed by atoms with E-state index in [9.17, 15) is 14.9 Å². The molecule has 0 aliphatic heterocycles. The Bertz CT molecular complexity index is 455. The van der Waals surface area contributed by atoms with Crippen LogP contribution in [0.3, 0.4) is 0 Å². The summed E-state index contributed by atoms with van der Waals surface area (Å²) < 4.78 is 0. The normalized spacial score (nSPS) is 9.58. The van der Waals surface area contributed by atoms with Crippen LogP contribution in [0.25, 0.3) is 0 Å². The van der Waals surface area contributed by atoms with E-state index in [-0.39, 0.29) is 34.6 Å². The smallest absolute Gasteiger partial charge is 0.270 e. The molecule has 0 aliphatic carbocycles. The molecule has 0 fully saturated rings. The summed E-state index contributed by atoms with van der Waals surface area (Å²) in [6.45, 7) is 1.08. The molecular weight excluding hydrogens is 293 g/mol. The second-order valence-corrected chi connectivity index (χ2v) is 4.08. The van der Waals surface area contributed by atoms with Gasteiger partial charge in [-0.25, -0.2) is 0 Å². The molecule has 19 heavy (non-hydrogen) atoms. The molecule has 1 aromatic rings. The summed E-state index contributed by atoms with van der Waals surface area (Å²) in [7, 11) is 0. The van der Waals surface area contributed by atoms with E-state index in [4.69, 9.17) is 17.3 Å². The molecule has 0 heterocycles. The molecule has 0 saturated carbocycles. The maximum atomic E-state index is 11.7. The van der Waals surface area contributed by atoms with Crippen LogP contribution in [-0.2, 0) is 0 Å². The van der Waals surface area contributed by atoms with Gasteiger partial charge in [-0.05, 0) is 25.5 Å². The van der Waals surface area contributed by atoms with Crippen molar-refractivity contribution < 1.29 is 9.72 Å². The second kappa shape index (κ2) is 8.68. The van der Waals surface area contributed by atoms with Gasteiger partial charge in [-0.15, -0.1) is 12.4 Å². The fourth-order valence-electron chi connectivity index (χ4n) is 1.37. The van der Waals surface area contributed by atoms with Gasteiger partial charge in [0.05, 0.1) is 15.5 Å². The van der Waals surface area contributed by atoms with Gasteiger partial charge < -0.3 is 11.1 Å². The highest BCUT2D eigenvalue weighted by Gasteiger charge is 2.14. The van der Waals surface area contributed by atoms with Crippen LogP contribution in [0.15, 0.2) is 18.2 Å². The molecule has 0 aliphatic rings. The van der Waals surface area contributed by atoms with Crippen molar-refractivity contribution >= 4 is 35.6 Å². The SMILES string of the molecule is Cl.NCCCCNC(=O)c1ccc([N+](=O)[O-])cc1Cl. The van der Waals surface area contributed by atoms with Crippen LogP contribution in [-0.4, -0.2) is 23.9 Å². The number of hydrogen-bond donors (Lipinski definition) is 2. The zero-order valence-corrected chi connectivity index (χ0v) is 11.7. The first kappa shape index (κ1) is 17.6. The first-order valence-electron chi connectivity index (χ1n) is 5.48. The predicted octanol–water partition coefficient (Wildman–Crippen LogP) is 2.14. The summed E-state index contributed by atoms with van der Waals surface area (Å²) >= 11 is 5.82. The van der Waals surface area contributed by atoms with Gasteiger partial charge in [0, 0.05) is 18.7 Å². The Labute approximate surface area is 121 Å². The third-order valence-corrected chi connectivity index (χ3v) is 2.64. The number of rotatable bonds is 6. The summed E-state index contributed by atoms with van der Waals surface area (Å²) in [5.41, 5.74) is 5.42. The van der Waals surface area contributed by atoms with E-state index >= 15 is 0 Å². The largest absolute Gasteiger partial charge is 0.352 e. The van der Waals surface area contributed by atoms with Crippen molar-refractivity contribution in [2.45, 2.75) is 12.8 Å². The first-order valence-corrected chi connectivity index (χ1v) is 5.86. The maximum Gasteiger partial charge on any atom is 0.270 e. The molecule has 0 radical (unpaired) electrons. The third kappa shape index (κ3) is 5.42. The zero-order valence-electron chi connectivity index (χ0n) is 10.1. The average molecular weight is 308 g/mol. The third-order valence-electron chi connectivity index (χ3n) is 2.32. The van der Waals surface area contributed by atoms with Gasteiger partial charge in [0.1, 0.15) is 0 Å². The lowest BCUT2D eigenvalue weighted by atomic mass is 10.2. The Kier molecular flexibility index (Phi) is 8.06. The van der Waals surface area contributed by atoms with Crippen molar-refractivity contribution in [2.24, 2.45) is 5.73 Å². The van der Waals surface area contributed by atoms with Crippen molar-refractivity contribution in [2.75, 3.05) is 13.1 Å². The molecule has 1 aromatic carbocycles. The number of nitro groups is 1. The Morgan fingerprint density at radius 3 is 2.63 bits per heavy atom. The van der Waals surface area contributed by atoms with Gasteiger partial charge in [-0.1, -0.05) is 11.6 Å². The van der Waals surface area contributed by atoms with Gasteiger partial charge in [0.2, 0.25) is 0 Å². The number of halogens is 2. The molecule has 0 unspecified atom stereocenters. The van der Waals surface area contributed by atoms with Crippen molar-refractivity contribution in [3.8, 4) is 0 Å². The summed E-state index contributed by atoms with van der Waals surface area (Å²) in [6, 6.07) is 3.76. The standard InChI is InChI=1S/C11H14ClN3O3.ClH/c12-10-7-8(15(17)18)3-4-9(10)11(16)14-6-2-1-5-13;/h3-4,7H,1-2,5-6,13H2,(H,14,16);1H. The van der Waals surface area contributed by atoms with Crippen LogP contribution in [0.1, 0.15) is 23.2 Å². The summed E-state index contributed by atoms with van der Waals surface area (Å²) in [5.74, 6) is -0.341. The van der Waals surface area contributed by atoms with E-state index in [0.29, 0.717) is 13.1 Å². The fourth-order valence-corrected chi connectivity index (χ4v) is 1.63. The van der Waals surface area contributed by atoms with E-state index < -0.39 is 4.92 Å². The summed E-state index contributed by atoms with van der Waals surface area (Å²) in [5, 5.41) is 13.3. The number of nitrogens with two attached hydrogens (primary N) is 1. The summed E-state index contributed by atoms with van der Waals surface area (Å²) in [6.07, 6.45) is 1.61. The topological polar surface area (TPSA) is 98.3 Å². The van der Waals surface area contributed by atoms with Crippen molar-refractivity contribution in [1.29, 1.82) is 0 Å². The van der Waals surface area contributed by atoms with Crippen LogP contribution in [0.2, 0.25) is 5.02 Å². The molecule has 0 aromatic heterocycles. The van der Waals surface area contributed by atoms with Gasteiger partial charge in [0.25, 0.3) is 11.6 Å². The quantitative estimate of drug-likeness (QED) is 0.478. The molecule has 0 spiro atoms. The molecule has 6 nitrogen and oxygen atoms in total. The van der Waals surface area contributed by atoms with Gasteiger partial charge in [0.15, 0.2) is 0 Å². The average Bonchev–Trinajstić information content (AvgIpc) is 2.34. The number of nitrogens with zero attached hydrogens (tertiary/aromatic N) is 1. The van der Waals surface area contributed by atoms with Crippen LogP contribution in [0, 0.1) is 10.1 Å². The van der Waals surface area contributed by atoms with Crippen LogP contribution >= 0.6 is 24.0 Å². The zero-order chi connectivity index (χ0) is 13.5. The Morgan fingerprint density at radius 2 is 2.11 bits per heavy atom. The highest BCUT2D eigenvalue weighted by atomic mass is 35.5.